The molecule has 2 heterocycles. The van der Waals surface area contributed by atoms with Crippen LogP contribution in [-0.4, -0.2) is 79.1 Å². The van der Waals surface area contributed by atoms with Crippen LogP contribution in [0.25, 0.3) is 0 Å². The fourth-order valence-corrected chi connectivity index (χ4v) is 3.99. The Labute approximate surface area is 168 Å². The van der Waals surface area contributed by atoms with Gasteiger partial charge >= 0.3 is 12.3 Å². The molecule has 3 rings (SSSR count). The summed E-state index contributed by atoms with van der Waals surface area (Å²) in [5, 5.41) is 0. The highest BCUT2D eigenvalue weighted by atomic mass is 19.4. The van der Waals surface area contributed by atoms with Gasteiger partial charge in [-0.05, 0) is 43.6 Å². The fourth-order valence-electron chi connectivity index (χ4n) is 3.99. The van der Waals surface area contributed by atoms with Gasteiger partial charge in [0.05, 0.1) is 25.1 Å². The maximum Gasteiger partial charge on any atom is 0.416 e. The second-order valence-corrected chi connectivity index (χ2v) is 7.54. The van der Waals surface area contributed by atoms with E-state index in [0.717, 1.165) is 38.1 Å². The van der Waals surface area contributed by atoms with Gasteiger partial charge in [0.25, 0.3) is 0 Å². The summed E-state index contributed by atoms with van der Waals surface area (Å²) < 4.78 is 43.0. The smallest absolute Gasteiger partial charge is 0.416 e. The monoisotopic (exact) mass is 413 g/mol. The second kappa shape index (κ2) is 9.02. The van der Waals surface area contributed by atoms with E-state index in [2.05, 4.69) is 4.90 Å². The summed E-state index contributed by atoms with van der Waals surface area (Å²) in [5.41, 5.74) is -0.189. The summed E-state index contributed by atoms with van der Waals surface area (Å²) in [6.07, 6.45) is -2.54. The lowest BCUT2D eigenvalue weighted by Crippen LogP contribution is -2.59. The lowest BCUT2D eigenvalue weighted by atomic mass is 10.1. The van der Waals surface area contributed by atoms with Crippen LogP contribution in [0.15, 0.2) is 24.3 Å². The van der Waals surface area contributed by atoms with Crippen LogP contribution in [0.4, 0.5) is 18.0 Å². The van der Waals surface area contributed by atoms with Crippen LogP contribution in [0, 0.1) is 0 Å². The number of nitrogens with zero attached hydrogens (tertiary/aromatic N) is 3. The van der Waals surface area contributed by atoms with Crippen LogP contribution in [0.2, 0.25) is 0 Å². The number of hydrogen-bond acceptors (Lipinski definition) is 4. The van der Waals surface area contributed by atoms with Gasteiger partial charge in [0.2, 0.25) is 5.91 Å². The second-order valence-electron chi connectivity index (χ2n) is 7.54. The van der Waals surface area contributed by atoms with E-state index in [1.807, 2.05) is 0 Å². The van der Waals surface area contributed by atoms with Gasteiger partial charge in [-0.3, -0.25) is 4.79 Å². The first-order valence-corrected chi connectivity index (χ1v) is 9.79. The third kappa shape index (κ3) is 5.41. The van der Waals surface area contributed by atoms with E-state index in [1.165, 1.54) is 19.2 Å². The highest BCUT2D eigenvalue weighted by Crippen LogP contribution is 2.29. The largest absolute Gasteiger partial charge is 0.453 e. The Bertz CT molecular complexity index is 718. The van der Waals surface area contributed by atoms with E-state index in [-0.39, 0.29) is 18.4 Å². The molecule has 0 saturated carbocycles. The number of amides is 2. The molecule has 2 saturated heterocycles. The first-order valence-electron chi connectivity index (χ1n) is 9.79. The van der Waals surface area contributed by atoms with Crippen molar-refractivity contribution in [2.45, 2.75) is 31.5 Å². The van der Waals surface area contributed by atoms with Crippen molar-refractivity contribution in [3.8, 4) is 0 Å². The molecule has 0 aliphatic carbocycles. The molecule has 29 heavy (non-hydrogen) atoms. The van der Waals surface area contributed by atoms with Gasteiger partial charge < -0.3 is 19.4 Å². The van der Waals surface area contributed by atoms with Crippen LogP contribution < -0.4 is 0 Å². The van der Waals surface area contributed by atoms with Gasteiger partial charge in [0.15, 0.2) is 0 Å². The minimum absolute atomic E-state index is 0.0346. The molecule has 6 nitrogen and oxygen atoms in total. The van der Waals surface area contributed by atoms with Gasteiger partial charge in [-0.25, -0.2) is 4.79 Å². The van der Waals surface area contributed by atoms with Crippen molar-refractivity contribution in [2.24, 2.45) is 0 Å². The molecule has 2 aliphatic rings. The molecule has 2 amide bonds. The van der Waals surface area contributed by atoms with Crippen LogP contribution in [0.5, 0.6) is 0 Å². The van der Waals surface area contributed by atoms with Crippen LogP contribution >= 0.6 is 0 Å². The van der Waals surface area contributed by atoms with Crippen molar-refractivity contribution in [1.29, 1.82) is 0 Å². The zero-order valence-electron chi connectivity index (χ0n) is 16.5. The first-order chi connectivity index (χ1) is 13.8. The number of ether oxygens (including phenoxy) is 1. The number of carbonyl (C=O) groups excluding carboxylic acids is 2. The number of likely N-dealkylation sites (tertiary alicyclic amines) is 1. The van der Waals surface area contributed by atoms with E-state index in [9.17, 15) is 22.8 Å². The summed E-state index contributed by atoms with van der Waals surface area (Å²) in [6.45, 7) is 3.76. The number of halogens is 3. The summed E-state index contributed by atoms with van der Waals surface area (Å²) in [4.78, 5) is 30.5. The van der Waals surface area contributed by atoms with Crippen molar-refractivity contribution >= 4 is 12.0 Å². The number of carbonyl (C=O) groups is 2. The molecule has 0 bridgehead atoms. The van der Waals surface area contributed by atoms with Gasteiger partial charge in [-0.1, -0.05) is 12.1 Å². The molecule has 0 spiro atoms. The summed E-state index contributed by atoms with van der Waals surface area (Å²) in [5.74, 6) is -0.140. The van der Waals surface area contributed by atoms with Crippen molar-refractivity contribution in [1.82, 2.24) is 14.7 Å². The standard InChI is InChI=1S/C20H26F3N3O3/c1-29-19(28)25-10-11-26(17(14-25)13-24-8-2-3-9-24)18(27)12-15-4-6-16(7-5-15)20(21,22)23/h4-7,17H,2-3,8-14H2,1H3/t17-/m1/s1. The van der Waals surface area contributed by atoms with Crippen LogP contribution in [0.1, 0.15) is 24.0 Å². The Kier molecular flexibility index (Phi) is 6.66. The zero-order chi connectivity index (χ0) is 21.0. The van der Waals surface area contributed by atoms with E-state index < -0.39 is 17.8 Å². The van der Waals surface area contributed by atoms with Crippen molar-refractivity contribution in [3.63, 3.8) is 0 Å². The molecule has 9 heteroatoms. The third-order valence-corrected chi connectivity index (χ3v) is 5.54. The number of rotatable bonds is 4. The van der Waals surface area contributed by atoms with Gasteiger partial charge in [0.1, 0.15) is 0 Å². The summed E-state index contributed by atoms with van der Waals surface area (Å²) >= 11 is 0. The van der Waals surface area contributed by atoms with Crippen molar-refractivity contribution < 1.29 is 27.5 Å². The highest BCUT2D eigenvalue weighted by Gasteiger charge is 2.34. The SMILES string of the molecule is COC(=O)N1CCN(C(=O)Cc2ccc(C(F)(F)F)cc2)[C@H](CN2CCCC2)C1. The third-order valence-electron chi connectivity index (χ3n) is 5.54. The number of methoxy groups -OCH3 is 1. The molecule has 2 aliphatic heterocycles. The summed E-state index contributed by atoms with van der Waals surface area (Å²) in [7, 11) is 1.33. The van der Waals surface area contributed by atoms with E-state index in [4.69, 9.17) is 4.74 Å². The normalized spacial score (nSPS) is 20.8. The Morgan fingerprint density at radius 1 is 1.07 bits per heavy atom. The summed E-state index contributed by atoms with van der Waals surface area (Å²) in [6, 6.07) is 4.53. The van der Waals surface area contributed by atoms with Crippen LogP contribution in [0.3, 0.4) is 0 Å². The number of benzene rings is 1. The van der Waals surface area contributed by atoms with E-state index in [1.54, 1.807) is 9.80 Å². The molecule has 1 aromatic rings. The lowest BCUT2D eigenvalue weighted by Gasteiger charge is -2.42. The highest BCUT2D eigenvalue weighted by molar-refractivity contribution is 5.79. The molecule has 1 aromatic carbocycles. The van der Waals surface area contributed by atoms with E-state index >= 15 is 0 Å². The Balaban J connectivity index is 1.68. The van der Waals surface area contributed by atoms with Gasteiger partial charge in [-0.15, -0.1) is 0 Å². The zero-order valence-corrected chi connectivity index (χ0v) is 16.5. The number of hydrogen-bond donors (Lipinski definition) is 0. The minimum atomic E-state index is -4.40. The minimum Gasteiger partial charge on any atom is -0.453 e. The van der Waals surface area contributed by atoms with Crippen molar-refractivity contribution in [3.05, 3.63) is 35.4 Å². The Morgan fingerprint density at radius 3 is 2.31 bits per heavy atom. The average molecular weight is 413 g/mol. The first kappa shape index (κ1) is 21.4. The fraction of sp³-hybridized carbons (Fsp3) is 0.600. The average Bonchev–Trinajstić information content (AvgIpc) is 3.20. The molecular formula is C20H26F3N3O3. The topological polar surface area (TPSA) is 53.1 Å². The molecule has 0 N–H and O–H groups in total. The predicted octanol–water partition coefficient (Wildman–Crippen LogP) is 2.62. The molecule has 2 fully saturated rings. The maximum atomic E-state index is 12.9. The lowest BCUT2D eigenvalue weighted by molar-refractivity contribution is -0.137. The molecule has 160 valence electrons. The van der Waals surface area contributed by atoms with Crippen molar-refractivity contribution in [2.75, 3.05) is 46.4 Å². The molecule has 0 radical (unpaired) electrons. The van der Waals surface area contributed by atoms with Gasteiger partial charge in [-0.2, -0.15) is 13.2 Å². The number of piperazine rings is 1. The van der Waals surface area contributed by atoms with Gasteiger partial charge in [0, 0.05) is 26.2 Å². The maximum absolute atomic E-state index is 12.9. The van der Waals surface area contributed by atoms with E-state index in [0.29, 0.717) is 31.7 Å². The Morgan fingerprint density at radius 2 is 1.72 bits per heavy atom. The molecule has 0 aromatic heterocycles. The molecule has 0 unspecified atom stereocenters. The molecular weight excluding hydrogens is 387 g/mol. The Hall–Kier alpha value is -2.29. The predicted molar refractivity (Wildman–Crippen MR) is 100 cm³/mol. The molecule has 1 atom stereocenters. The number of alkyl halides is 3. The van der Waals surface area contributed by atoms with Crippen LogP contribution in [-0.2, 0) is 22.1 Å². The quantitative estimate of drug-likeness (QED) is 0.762.